The number of hydrogen-bond donors (Lipinski definition) is 3. The Morgan fingerprint density at radius 2 is 1.45 bits per heavy atom. The van der Waals surface area contributed by atoms with Gasteiger partial charge in [0.2, 0.25) is 5.91 Å². The van der Waals surface area contributed by atoms with Gasteiger partial charge in [0.15, 0.2) is 0 Å². The van der Waals surface area contributed by atoms with Crippen LogP contribution in [0.3, 0.4) is 0 Å². The molecule has 0 saturated carbocycles. The fourth-order valence-electron chi connectivity index (χ4n) is 5.53. The Morgan fingerprint density at radius 1 is 0.723 bits per heavy atom. The second-order valence-corrected chi connectivity index (χ2v) is 12.1. The van der Waals surface area contributed by atoms with Gasteiger partial charge in [-0.05, 0) is 85.6 Å². The second-order valence-electron chi connectivity index (χ2n) is 11.0. The molecule has 47 heavy (non-hydrogen) atoms. The van der Waals surface area contributed by atoms with Crippen molar-refractivity contribution in [1.29, 1.82) is 0 Å². The summed E-state index contributed by atoms with van der Waals surface area (Å²) in [5.41, 5.74) is 5.94. The number of anilines is 2. The van der Waals surface area contributed by atoms with Crippen molar-refractivity contribution in [3.8, 4) is 0 Å². The molecule has 0 spiro atoms. The van der Waals surface area contributed by atoms with Crippen LogP contribution >= 0.6 is 11.8 Å². The Morgan fingerprint density at radius 3 is 2.26 bits per heavy atom. The Hall–Kier alpha value is -5.60. The van der Waals surface area contributed by atoms with E-state index in [0.717, 1.165) is 44.5 Å². The number of rotatable bonds is 10. The molecule has 8 heteroatoms. The molecule has 0 radical (unpaired) electrons. The van der Waals surface area contributed by atoms with Gasteiger partial charge in [-0.2, -0.15) is 0 Å². The summed E-state index contributed by atoms with van der Waals surface area (Å²) in [6.45, 7) is 4.93. The van der Waals surface area contributed by atoms with E-state index >= 15 is 0 Å². The van der Waals surface area contributed by atoms with Crippen molar-refractivity contribution in [3.63, 3.8) is 0 Å². The minimum absolute atomic E-state index is 0.115. The molecule has 0 bridgehead atoms. The molecule has 0 fully saturated rings. The summed E-state index contributed by atoms with van der Waals surface area (Å²) in [6, 6.07) is 38.0. The molecule has 6 rings (SSSR count). The highest BCUT2D eigenvalue weighted by atomic mass is 32.2. The lowest BCUT2D eigenvalue weighted by atomic mass is 10.1. The standard InChI is InChI=1S/C39H34N4O3S/c1-3-43-35-19-10-9-18-32(35)33-24-30(20-21-36(33)43)40-37(44)25-47-31-17-11-16-29(23-31)41-39(46)34(22-28-15-8-7-12-26(28)2)42-38(45)27-13-5-4-6-14-27/h4-24H,3,25H2,1-2H3,(H,40,44)(H,41,46)(H,42,45)/b34-22-. The number of fused-ring (bicyclic) bond motifs is 3. The summed E-state index contributed by atoms with van der Waals surface area (Å²) in [5.74, 6) is -0.781. The van der Waals surface area contributed by atoms with Crippen molar-refractivity contribution in [1.82, 2.24) is 9.88 Å². The summed E-state index contributed by atoms with van der Waals surface area (Å²) in [6.07, 6.45) is 1.67. The number of aromatic nitrogens is 1. The molecule has 3 N–H and O–H groups in total. The van der Waals surface area contributed by atoms with Gasteiger partial charge in [0, 0.05) is 50.2 Å². The Kier molecular flexibility index (Phi) is 9.50. The number of aryl methyl sites for hydroxylation is 2. The quantitative estimate of drug-likeness (QED) is 0.104. The number of carbonyl (C=O) groups excluding carboxylic acids is 3. The lowest BCUT2D eigenvalue weighted by molar-refractivity contribution is -0.114. The minimum atomic E-state index is -0.461. The van der Waals surface area contributed by atoms with Gasteiger partial charge in [-0.15, -0.1) is 11.8 Å². The van der Waals surface area contributed by atoms with Crippen LogP contribution in [0.4, 0.5) is 11.4 Å². The molecule has 0 aliphatic heterocycles. The van der Waals surface area contributed by atoms with E-state index < -0.39 is 5.91 Å². The molecule has 7 nitrogen and oxygen atoms in total. The van der Waals surface area contributed by atoms with Crippen molar-refractivity contribution in [2.75, 3.05) is 16.4 Å². The molecule has 0 aliphatic carbocycles. The van der Waals surface area contributed by atoms with E-state index in [9.17, 15) is 14.4 Å². The third kappa shape index (κ3) is 7.29. The highest BCUT2D eigenvalue weighted by Gasteiger charge is 2.16. The molecule has 1 heterocycles. The summed E-state index contributed by atoms with van der Waals surface area (Å²) in [5, 5.41) is 11.0. The van der Waals surface area contributed by atoms with Crippen LogP contribution < -0.4 is 16.0 Å². The summed E-state index contributed by atoms with van der Waals surface area (Å²) >= 11 is 1.37. The zero-order valence-corrected chi connectivity index (χ0v) is 26.9. The van der Waals surface area contributed by atoms with Crippen molar-refractivity contribution in [2.24, 2.45) is 0 Å². The maximum Gasteiger partial charge on any atom is 0.272 e. The summed E-state index contributed by atoms with van der Waals surface area (Å²) in [7, 11) is 0. The van der Waals surface area contributed by atoms with Gasteiger partial charge in [0.25, 0.3) is 11.8 Å². The number of carbonyl (C=O) groups is 3. The van der Waals surface area contributed by atoms with Crippen LogP contribution in [0.15, 0.2) is 132 Å². The lowest BCUT2D eigenvalue weighted by Crippen LogP contribution is -2.30. The number of benzene rings is 5. The maximum atomic E-state index is 13.5. The zero-order valence-electron chi connectivity index (χ0n) is 26.1. The first kappa shape index (κ1) is 31.4. The number of nitrogens with one attached hydrogen (secondary N) is 3. The second kappa shape index (κ2) is 14.2. The number of hydrogen-bond acceptors (Lipinski definition) is 4. The van der Waals surface area contributed by atoms with Crippen molar-refractivity contribution >= 4 is 68.7 Å². The average molecular weight is 639 g/mol. The highest BCUT2D eigenvalue weighted by molar-refractivity contribution is 8.00. The summed E-state index contributed by atoms with van der Waals surface area (Å²) in [4.78, 5) is 40.3. The molecule has 0 atom stereocenters. The third-order valence-electron chi connectivity index (χ3n) is 7.85. The van der Waals surface area contributed by atoms with E-state index in [4.69, 9.17) is 0 Å². The van der Waals surface area contributed by atoms with Crippen LogP contribution in [0, 0.1) is 6.92 Å². The molecule has 1 aromatic heterocycles. The van der Waals surface area contributed by atoms with Crippen LogP contribution in [0.25, 0.3) is 27.9 Å². The molecule has 0 saturated heterocycles. The smallest absolute Gasteiger partial charge is 0.272 e. The molecule has 234 valence electrons. The normalized spacial score (nSPS) is 11.4. The lowest BCUT2D eigenvalue weighted by Gasteiger charge is -2.13. The third-order valence-corrected chi connectivity index (χ3v) is 8.85. The van der Waals surface area contributed by atoms with Crippen LogP contribution in [0.1, 0.15) is 28.4 Å². The molecule has 3 amide bonds. The van der Waals surface area contributed by atoms with Crippen LogP contribution in [-0.4, -0.2) is 28.0 Å². The van der Waals surface area contributed by atoms with E-state index in [2.05, 4.69) is 45.6 Å². The number of nitrogens with zero attached hydrogens (tertiary/aromatic N) is 1. The van der Waals surface area contributed by atoms with Crippen LogP contribution in [-0.2, 0) is 16.1 Å². The van der Waals surface area contributed by atoms with Crippen LogP contribution in [0.5, 0.6) is 0 Å². The molecule has 0 unspecified atom stereocenters. The molecule has 5 aromatic carbocycles. The number of para-hydroxylation sites is 1. The van der Waals surface area contributed by atoms with E-state index in [1.54, 1.807) is 36.4 Å². The van der Waals surface area contributed by atoms with E-state index in [1.807, 2.05) is 79.7 Å². The highest BCUT2D eigenvalue weighted by Crippen LogP contribution is 2.31. The van der Waals surface area contributed by atoms with Gasteiger partial charge in [0.05, 0.1) is 5.75 Å². The predicted octanol–water partition coefficient (Wildman–Crippen LogP) is 8.26. The first-order chi connectivity index (χ1) is 22.9. The van der Waals surface area contributed by atoms with E-state index in [-0.39, 0.29) is 23.3 Å². The minimum Gasteiger partial charge on any atom is -0.341 e. The monoisotopic (exact) mass is 638 g/mol. The van der Waals surface area contributed by atoms with E-state index in [1.165, 1.54) is 17.3 Å². The average Bonchev–Trinajstić information content (AvgIpc) is 3.41. The first-order valence-electron chi connectivity index (χ1n) is 15.4. The Labute approximate surface area is 277 Å². The number of thioether (sulfide) groups is 1. The van der Waals surface area contributed by atoms with Gasteiger partial charge in [-0.3, -0.25) is 14.4 Å². The van der Waals surface area contributed by atoms with Gasteiger partial charge in [-0.25, -0.2) is 0 Å². The zero-order chi connectivity index (χ0) is 32.8. The van der Waals surface area contributed by atoms with E-state index in [0.29, 0.717) is 11.3 Å². The molecule has 6 aromatic rings. The first-order valence-corrected chi connectivity index (χ1v) is 16.4. The Balaban J connectivity index is 1.13. The topological polar surface area (TPSA) is 92.2 Å². The molecular weight excluding hydrogens is 605 g/mol. The fourth-order valence-corrected chi connectivity index (χ4v) is 6.28. The molecular formula is C39H34N4O3S. The molecule has 0 aliphatic rings. The number of amides is 3. The Bertz CT molecular complexity index is 2140. The van der Waals surface area contributed by atoms with Crippen molar-refractivity contribution < 1.29 is 14.4 Å². The summed E-state index contributed by atoms with van der Waals surface area (Å²) < 4.78 is 2.27. The predicted molar refractivity (Wildman–Crippen MR) is 193 cm³/mol. The van der Waals surface area contributed by atoms with Gasteiger partial charge in [-0.1, -0.05) is 66.7 Å². The van der Waals surface area contributed by atoms with Crippen molar-refractivity contribution in [2.45, 2.75) is 25.3 Å². The fraction of sp³-hybridized carbons (Fsp3) is 0.103. The largest absolute Gasteiger partial charge is 0.341 e. The maximum absolute atomic E-state index is 13.5. The van der Waals surface area contributed by atoms with Crippen molar-refractivity contribution in [3.05, 3.63) is 144 Å². The van der Waals surface area contributed by atoms with Crippen LogP contribution in [0.2, 0.25) is 0 Å². The SMILES string of the molecule is CCn1c2ccccc2c2cc(NC(=O)CSc3cccc(NC(=O)/C(=C/c4ccccc4C)NC(=O)c4ccccc4)c3)ccc21. The van der Waals surface area contributed by atoms with Gasteiger partial charge >= 0.3 is 0 Å². The van der Waals surface area contributed by atoms with Gasteiger partial charge < -0.3 is 20.5 Å². The van der Waals surface area contributed by atoms with Gasteiger partial charge in [0.1, 0.15) is 5.70 Å².